The second kappa shape index (κ2) is 15.4. The summed E-state index contributed by atoms with van der Waals surface area (Å²) in [4.78, 5) is 29.4. The molecule has 214 valence electrons. The molecule has 5 rings (SSSR count). The molecule has 0 bridgehead atoms. The number of benzene rings is 2. The molecule has 0 fully saturated rings. The number of halogens is 2. The van der Waals surface area contributed by atoms with Gasteiger partial charge >= 0.3 is 0 Å². The molecule has 5 aromatic rings. The fraction of sp³-hybridized carbons (Fsp3) is 0.129. The fourth-order valence-corrected chi connectivity index (χ4v) is 4.44. The number of nitrogens with zero attached hydrogens (tertiary/aromatic N) is 5. The largest absolute Gasteiger partial charge is 1.00 e. The van der Waals surface area contributed by atoms with Crippen molar-refractivity contribution in [2.75, 3.05) is 0 Å². The molecule has 2 aromatic carbocycles. The molecule has 0 saturated carbocycles. The highest BCUT2D eigenvalue weighted by Gasteiger charge is 2.12. The molecular formula is C31H29I2N7O2. The third-order valence-corrected chi connectivity index (χ3v) is 6.46. The summed E-state index contributed by atoms with van der Waals surface area (Å²) in [7, 11) is 0. The van der Waals surface area contributed by atoms with Crippen molar-refractivity contribution in [3.63, 3.8) is 0 Å². The summed E-state index contributed by atoms with van der Waals surface area (Å²) in [5.41, 5.74) is 9.00. The third-order valence-electron chi connectivity index (χ3n) is 6.46. The number of rotatable bonds is 8. The van der Waals surface area contributed by atoms with Gasteiger partial charge in [-0.25, -0.2) is 15.8 Å². The lowest BCUT2D eigenvalue weighted by molar-refractivity contribution is -0.668. The fourth-order valence-electron chi connectivity index (χ4n) is 4.44. The van der Waals surface area contributed by atoms with Crippen LogP contribution in [0.15, 0.2) is 101 Å². The van der Waals surface area contributed by atoms with E-state index in [4.69, 9.17) is 0 Å². The standard InChI is InChI=1S/C31H27N7O2.2HI/c1-3-37-16-6-8-24-18-22(12-14-28(24)37)20-32-35-30(39)26-10-5-11-27(34-26)31(40)36-33-21-23-13-15-29-25(19-23)9-7-17-38(29)4-2;;/h5-21H,3-4H2,1-2H3;2*1H. The molecule has 0 atom stereocenters. The van der Waals surface area contributed by atoms with Crippen molar-refractivity contribution in [2.24, 2.45) is 10.2 Å². The van der Waals surface area contributed by atoms with E-state index >= 15 is 0 Å². The van der Waals surface area contributed by atoms with Crippen molar-refractivity contribution in [3.8, 4) is 0 Å². The molecule has 11 heteroatoms. The average molecular weight is 785 g/mol. The minimum atomic E-state index is -0.528. The van der Waals surface area contributed by atoms with Crippen molar-refractivity contribution >= 4 is 46.0 Å². The third kappa shape index (κ3) is 7.70. The lowest BCUT2D eigenvalue weighted by Crippen LogP contribution is -3.00. The van der Waals surface area contributed by atoms with E-state index in [1.54, 1.807) is 18.5 Å². The van der Waals surface area contributed by atoms with Gasteiger partial charge < -0.3 is 48.0 Å². The van der Waals surface area contributed by atoms with Gasteiger partial charge in [0.1, 0.15) is 24.5 Å². The van der Waals surface area contributed by atoms with E-state index in [0.717, 1.165) is 46.0 Å². The second-order valence-corrected chi connectivity index (χ2v) is 9.03. The molecule has 2 amide bonds. The first kappa shape index (κ1) is 32.7. The van der Waals surface area contributed by atoms with E-state index in [1.807, 2.05) is 73.1 Å². The Hall–Kier alpha value is -3.85. The van der Waals surface area contributed by atoms with Crippen LogP contribution in [0.1, 0.15) is 46.0 Å². The summed E-state index contributed by atoms with van der Waals surface area (Å²) in [5, 5.41) is 10.3. The monoisotopic (exact) mass is 785 g/mol. The van der Waals surface area contributed by atoms with Gasteiger partial charge in [0.2, 0.25) is 11.0 Å². The molecule has 0 unspecified atom stereocenters. The lowest BCUT2D eigenvalue weighted by Gasteiger charge is -2.03. The number of amides is 2. The van der Waals surface area contributed by atoms with Crippen LogP contribution in [0.3, 0.4) is 0 Å². The first-order valence-electron chi connectivity index (χ1n) is 13.0. The molecule has 0 aliphatic heterocycles. The number of aryl methyl sites for hydroxylation is 2. The number of aromatic nitrogens is 3. The van der Waals surface area contributed by atoms with Crippen LogP contribution in [0.2, 0.25) is 0 Å². The van der Waals surface area contributed by atoms with E-state index in [2.05, 4.69) is 49.0 Å². The Balaban J connectivity index is 0.00000242. The van der Waals surface area contributed by atoms with E-state index < -0.39 is 11.8 Å². The highest BCUT2D eigenvalue weighted by Crippen LogP contribution is 2.12. The van der Waals surface area contributed by atoms with Crippen LogP contribution < -0.4 is 67.9 Å². The summed E-state index contributed by atoms with van der Waals surface area (Å²) in [6.07, 6.45) is 7.21. The molecule has 2 N–H and O–H groups in total. The molecule has 9 nitrogen and oxygen atoms in total. The van der Waals surface area contributed by atoms with E-state index in [0.29, 0.717) is 0 Å². The molecule has 0 spiro atoms. The number of fused-ring (bicyclic) bond motifs is 2. The molecule has 0 aliphatic carbocycles. The Morgan fingerprint density at radius 3 is 1.57 bits per heavy atom. The minimum Gasteiger partial charge on any atom is -1.00 e. The highest BCUT2D eigenvalue weighted by molar-refractivity contribution is 5.97. The summed E-state index contributed by atoms with van der Waals surface area (Å²) in [5.74, 6) is -1.06. The number of hydrazone groups is 2. The quantitative estimate of drug-likeness (QED) is 0.0791. The molecule has 0 aliphatic rings. The first-order chi connectivity index (χ1) is 19.6. The Bertz CT molecular complexity index is 1660. The summed E-state index contributed by atoms with van der Waals surface area (Å²) >= 11 is 0. The van der Waals surface area contributed by atoms with Crippen LogP contribution in [0, 0.1) is 0 Å². The number of nitrogens with one attached hydrogen (secondary N) is 2. The predicted octanol–water partition coefficient (Wildman–Crippen LogP) is -2.46. The Labute approximate surface area is 277 Å². The molecule has 0 saturated heterocycles. The zero-order chi connectivity index (χ0) is 27.9. The van der Waals surface area contributed by atoms with Gasteiger partial charge in [0.05, 0.1) is 12.4 Å². The van der Waals surface area contributed by atoms with Gasteiger partial charge in [0.25, 0.3) is 11.8 Å². The van der Waals surface area contributed by atoms with Crippen LogP contribution >= 0.6 is 0 Å². The second-order valence-electron chi connectivity index (χ2n) is 9.03. The van der Waals surface area contributed by atoms with Crippen molar-refractivity contribution in [1.29, 1.82) is 0 Å². The van der Waals surface area contributed by atoms with Crippen molar-refractivity contribution < 1.29 is 66.7 Å². The summed E-state index contributed by atoms with van der Waals surface area (Å²) < 4.78 is 4.31. The van der Waals surface area contributed by atoms with Crippen molar-refractivity contribution in [3.05, 3.63) is 114 Å². The number of pyridine rings is 3. The maximum absolute atomic E-state index is 12.6. The zero-order valence-corrected chi connectivity index (χ0v) is 27.4. The normalized spacial score (nSPS) is 10.9. The summed E-state index contributed by atoms with van der Waals surface area (Å²) in [6, 6.07) is 24.6. The molecule has 42 heavy (non-hydrogen) atoms. The topological polar surface area (TPSA) is 104 Å². The van der Waals surface area contributed by atoms with Crippen LogP contribution in [0.5, 0.6) is 0 Å². The van der Waals surface area contributed by atoms with Crippen LogP contribution in [-0.2, 0) is 13.1 Å². The van der Waals surface area contributed by atoms with Gasteiger partial charge in [-0.3, -0.25) is 9.59 Å². The van der Waals surface area contributed by atoms with Gasteiger partial charge in [-0.05, 0) is 73.5 Å². The number of hydrogen-bond donors (Lipinski definition) is 2. The van der Waals surface area contributed by atoms with Crippen molar-refractivity contribution in [2.45, 2.75) is 26.9 Å². The van der Waals surface area contributed by atoms with Crippen LogP contribution in [-0.4, -0.2) is 29.2 Å². The zero-order valence-electron chi connectivity index (χ0n) is 23.0. The maximum Gasteiger partial charge on any atom is 0.289 e. The smallest absolute Gasteiger partial charge is 0.289 e. The minimum absolute atomic E-state index is 0. The highest BCUT2D eigenvalue weighted by atomic mass is 127. The van der Waals surface area contributed by atoms with Crippen molar-refractivity contribution in [1.82, 2.24) is 15.8 Å². The van der Waals surface area contributed by atoms with Gasteiger partial charge in [0.15, 0.2) is 12.4 Å². The van der Waals surface area contributed by atoms with Gasteiger partial charge in [-0.15, -0.1) is 0 Å². The van der Waals surface area contributed by atoms with E-state index in [1.165, 1.54) is 12.1 Å². The first-order valence-corrected chi connectivity index (χ1v) is 13.0. The van der Waals surface area contributed by atoms with Gasteiger partial charge in [-0.2, -0.15) is 19.3 Å². The summed E-state index contributed by atoms with van der Waals surface area (Å²) in [6.45, 7) is 5.94. The number of carbonyl (C=O) groups excluding carboxylic acids is 2. The SMILES string of the molecule is CC[n+]1cccc2cc(C=NNC(=O)c3cccc(C(=O)NN=Cc4ccc5c(ccc[n+]5CC)c4)n3)ccc21.[I-].[I-]. The van der Waals surface area contributed by atoms with E-state index in [9.17, 15) is 9.59 Å². The molecule has 0 radical (unpaired) electrons. The molecule has 3 aromatic heterocycles. The Morgan fingerprint density at radius 2 is 1.14 bits per heavy atom. The van der Waals surface area contributed by atoms with Crippen LogP contribution in [0.4, 0.5) is 0 Å². The lowest BCUT2D eigenvalue weighted by atomic mass is 10.1. The molecule has 3 heterocycles. The maximum atomic E-state index is 12.6. The Kier molecular flexibility index (Phi) is 12.0. The predicted molar refractivity (Wildman–Crippen MR) is 154 cm³/mol. The average Bonchev–Trinajstić information content (AvgIpc) is 3.00. The number of hydrogen-bond acceptors (Lipinski definition) is 5. The molecular weight excluding hydrogens is 756 g/mol. The Morgan fingerprint density at radius 1 is 0.690 bits per heavy atom. The van der Waals surface area contributed by atoms with E-state index in [-0.39, 0.29) is 59.3 Å². The number of carbonyl (C=O) groups is 2. The van der Waals surface area contributed by atoms with Gasteiger partial charge in [0, 0.05) is 35.0 Å². The van der Waals surface area contributed by atoms with Gasteiger partial charge in [-0.1, -0.05) is 6.07 Å². The van der Waals surface area contributed by atoms with Crippen LogP contribution in [0.25, 0.3) is 21.8 Å².